The Balaban J connectivity index is 1.81. The number of nitrogens with one attached hydrogen (secondary N) is 1. The van der Waals surface area contributed by atoms with Gasteiger partial charge in [0.1, 0.15) is 6.33 Å². The first-order valence-corrected chi connectivity index (χ1v) is 6.39. The van der Waals surface area contributed by atoms with Gasteiger partial charge in [-0.15, -0.1) is 0 Å². The summed E-state index contributed by atoms with van der Waals surface area (Å²) >= 11 is 0. The summed E-state index contributed by atoms with van der Waals surface area (Å²) in [5, 5.41) is 7.56. The minimum absolute atomic E-state index is 0.799. The fraction of sp³-hybridized carbons (Fsp3) is 0.583. The Labute approximate surface area is 107 Å². The van der Waals surface area contributed by atoms with E-state index in [1.165, 1.54) is 12.8 Å². The van der Waals surface area contributed by atoms with Gasteiger partial charge in [-0.25, -0.2) is 9.97 Å². The van der Waals surface area contributed by atoms with Crippen LogP contribution in [0.25, 0.3) is 0 Å². The van der Waals surface area contributed by atoms with Crippen molar-refractivity contribution in [1.29, 1.82) is 0 Å². The quantitative estimate of drug-likeness (QED) is 0.806. The summed E-state index contributed by atoms with van der Waals surface area (Å²) in [4.78, 5) is 8.50. The van der Waals surface area contributed by atoms with Crippen LogP contribution in [-0.4, -0.2) is 30.9 Å². The number of hydrogen-bond donors (Lipinski definition) is 1. The Hall–Kier alpha value is -1.85. The summed E-state index contributed by atoms with van der Waals surface area (Å²) < 4.78 is 3.87. The summed E-state index contributed by atoms with van der Waals surface area (Å²) in [6.45, 7) is 4.00. The number of unbranched alkanes of at least 4 members (excludes halogenated alkanes) is 1. The standard InChI is InChI=1S/C12H20N6/c1-3-4-8-18-9-7-14-12(18)13-6-5-11-15-10-17(2)16-11/h7,9-10H,3-6,8H2,1-2H3,(H,13,14). The molecule has 6 heteroatoms. The average Bonchev–Trinajstić information content (AvgIpc) is 2.96. The molecule has 1 N–H and O–H groups in total. The maximum Gasteiger partial charge on any atom is 0.202 e. The number of hydrogen-bond acceptors (Lipinski definition) is 4. The van der Waals surface area contributed by atoms with Gasteiger partial charge in [-0.2, -0.15) is 5.10 Å². The van der Waals surface area contributed by atoms with E-state index in [4.69, 9.17) is 0 Å². The van der Waals surface area contributed by atoms with Gasteiger partial charge in [-0.05, 0) is 6.42 Å². The van der Waals surface area contributed by atoms with Crippen LogP contribution in [0.3, 0.4) is 0 Å². The predicted octanol–water partition coefficient (Wildman–Crippen LogP) is 1.47. The molecule has 0 atom stereocenters. The molecule has 2 heterocycles. The van der Waals surface area contributed by atoms with E-state index >= 15 is 0 Å². The third kappa shape index (κ3) is 3.32. The zero-order chi connectivity index (χ0) is 12.8. The number of imidazole rings is 1. The summed E-state index contributed by atoms with van der Waals surface area (Å²) in [5.41, 5.74) is 0. The number of aromatic nitrogens is 5. The van der Waals surface area contributed by atoms with Gasteiger partial charge in [0.15, 0.2) is 5.82 Å². The maximum atomic E-state index is 4.31. The Kier molecular flexibility index (Phi) is 4.33. The molecule has 0 saturated carbocycles. The van der Waals surface area contributed by atoms with Crippen LogP contribution in [0.1, 0.15) is 25.6 Å². The second-order valence-corrected chi connectivity index (χ2v) is 4.31. The summed E-state index contributed by atoms with van der Waals surface area (Å²) in [5.74, 6) is 1.79. The van der Waals surface area contributed by atoms with E-state index in [9.17, 15) is 0 Å². The van der Waals surface area contributed by atoms with Gasteiger partial charge in [0.25, 0.3) is 0 Å². The monoisotopic (exact) mass is 248 g/mol. The van der Waals surface area contributed by atoms with Gasteiger partial charge in [0.2, 0.25) is 5.95 Å². The van der Waals surface area contributed by atoms with E-state index < -0.39 is 0 Å². The van der Waals surface area contributed by atoms with Crippen LogP contribution in [0.15, 0.2) is 18.7 Å². The Morgan fingerprint density at radius 3 is 2.94 bits per heavy atom. The topological polar surface area (TPSA) is 60.6 Å². The number of nitrogens with zero attached hydrogens (tertiary/aromatic N) is 5. The molecule has 0 saturated heterocycles. The molecule has 18 heavy (non-hydrogen) atoms. The lowest BCUT2D eigenvalue weighted by molar-refractivity contribution is 0.634. The van der Waals surface area contributed by atoms with E-state index in [1.807, 2.05) is 19.4 Å². The first-order chi connectivity index (χ1) is 8.79. The van der Waals surface area contributed by atoms with Crippen molar-refractivity contribution in [1.82, 2.24) is 24.3 Å². The van der Waals surface area contributed by atoms with Crippen molar-refractivity contribution in [3.63, 3.8) is 0 Å². The van der Waals surface area contributed by atoms with E-state index in [0.29, 0.717) is 0 Å². The number of rotatable bonds is 7. The summed E-state index contributed by atoms with van der Waals surface area (Å²) in [7, 11) is 1.88. The molecule has 2 rings (SSSR count). The van der Waals surface area contributed by atoms with Crippen LogP contribution in [0, 0.1) is 0 Å². The normalized spacial score (nSPS) is 10.8. The molecule has 0 spiro atoms. The molecule has 0 aliphatic heterocycles. The first kappa shape index (κ1) is 12.6. The Morgan fingerprint density at radius 2 is 2.22 bits per heavy atom. The van der Waals surface area contributed by atoms with Crippen LogP contribution in [0.5, 0.6) is 0 Å². The van der Waals surface area contributed by atoms with Crippen LogP contribution >= 0.6 is 0 Å². The second kappa shape index (κ2) is 6.18. The van der Waals surface area contributed by atoms with Crippen molar-refractivity contribution in [2.24, 2.45) is 7.05 Å². The molecule has 0 unspecified atom stereocenters. The van der Waals surface area contributed by atoms with Gasteiger partial charge in [0, 0.05) is 39.0 Å². The van der Waals surface area contributed by atoms with Crippen LogP contribution in [0.4, 0.5) is 5.95 Å². The fourth-order valence-electron chi connectivity index (χ4n) is 1.77. The van der Waals surface area contributed by atoms with Gasteiger partial charge < -0.3 is 9.88 Å². The molecule has 0 bridgehead atoms. The van der Waals surface area contributed by atoms with E-state index in [2.05, 4.69) is 31.9 Å². The van der Waals surface area contributed by atoms with Gasteiger partial charge in [-0.3, -0.25) is 4.68 Å². The highest BCUT2D eigenvalue weighted by Gasteiger charge is 2.03. The highest BCUT2D eigenvalue weighted by atomic mass is 15.3. The highest BCUT2D eigenvalue weighted by molar-refractivity contribution is 5.25. The van der Waals surface area contributed by atoms with E-state index in [0.717, 1.165) is 31.3 Å². The molecular weight excluding hydrogens is 228 g/mol. The van der Waals surface area contributed by atoms with Crippen molar-refractivity contribution in [3.05, 3.63) is 24.5 Å². The fourth-order valence-corrected chi connectivity index (χ4v) is 1.77. The SMILES string of the molecule is CCCCn1ccnc1NCCc1ncn(C)n1. The van der Waals surface area contributed by atoms with Crippen molar-refractivity contribution in [2.75, 3.05) is 11.9 Å². The third-order valence-corrected chi connectivity index (χ3v) is 2.75. The van der Waals surface area contributed by atoms with Crippen LogP contribution < -0.4 is 5.32 Å². The molecule has 0 aromatic carbocycles. The smallest absolute Gasteiger partial charge is 0.202 e. The molecule has 2 aromatic rings. The lowest BCUT2D eigenvalue weighted by Gasteiger charge is -2.08. The zero-order valence-corrected chi connectivity index (χ0v) is 11.0. The lowest BCUT2D eigenvalue weighted by atomic mass is 10.3. The molecular formula is C12H20N6. The zero-order valence-electron chi connectivity index (χ0n) is 11.0. The summed E-state index contributed by atoms with van der Waals surface area (Å²) in [6.07, 6.45) is 8.73. The Morgan fingerprint density at radius 1 is 1.33 bits per heavy atom. The summed E-state index contributed by atoms with van der Waals surface area (Å²) in [6, 6.07) is 0. The minimum atomic E-state index is 0.799. The van der Waals surface area contributed by atoms with Crippen LogP contribution in [-0.2, 0) is 20.0 Å². The molecule has 0 amide bonds. The van der Waals surface area contributed by atoms with E-state index in [1.54, 1.807) is 11.0 Å². The maximum absolute atomic E-state index is 4.31. The number of anilines is 1. The molecule has 98 valence electrons. The first-order valence-electron chi connectivity index (χ1n) is 6.39. The third-order valence-electron chi connectivity index (χ3n) is 2.75. The number of aryl methyl sites for hydroxylation is 2. The lowest BCUT2D eigenvalue weighted by Crippen LogP contribution is -2.11. The van der Waals surface area contributed by atoms with Crippen LogP contribution in [0.2, 0.25) is 0 Å². The Bertz CT molecular complexity index is 472. The van der Waals surface area contributed by atoms with Crippen molar-refractivity contribution >= 4 is 5.95 Å². The van der Waals surface area contributed by atoms with Gasteiger partial charge in [0.05, 0.1) is 0 Å². The minimum Gasteiger partial charge on any atom is -0.355 e. The second-order valence-electron chi connectivity index (χ2n) is 4.31. The van der Waals surface area contributed by atoms with Gasteiger partial charge >= 0.3 is 0 Å². The van der Waals surface area contributed by atoms with Gasteiger partial charge in [-0.1, -0.05) is 13.3 Å². The highest BCUT2D eigenvalue weighted by Crippen LogP contribution is 2.06. The molecule has 2 aromatic heterocycles. The molecule has 0 fully saturated rings. The van der Waals surface area contributed by atoms with E-state index in [-0.39, 0.29) is 0 Å². The van der Waals surface area contributed by atoms with Crippen molar-refractivity contribution < 1.29 is 0 Å². The molecule has 6 nitrogen and oxygen atoms in total. The predicted molar refractivity (Wildman–Crippen MR) is 70.3 cm³/mol. The average molecular weight is 248 g/mol. The largest absolute Gasteiger partial charge is 0.355 e. The molecule has 0 aliphatic rings. The van der Waals surface area contributed by atoms with Crippen molar-refractivity contribution in [3.8, 4) is 0 Å². The van der Waals surface area contributed by atoms with Crippen molar-refractivity contribution in [2.45, 2.75) is 32.7 Å². The molecule has 0 aliphatic carbocycles. The molecule has 0 radical (unpaired) electrons.